The van der Waals surface area contributed by atoms with Crippen molar-refractivity contribution in [2.45, 2.75) is 19.9 Å². The molecule has 5 aromatic rings. The average Bonchev–Trinajstić information content (AvgIpc) is 3.56. The molecule has 1 amide bonds. The number of hydrogen-bond donors (Lipinski definition) is 2. The van der Waals surface area contributed by atoms with Crippen LogP contribution in [-0.4, -0.2) is 37.2 Å². The average molecular weight is 454 g/mol. The van der Waals surface area contributed by atoms with E-state index in [2.05, 4.69) is 36.9 Å². The molecule has 0 aliphatic rings. The summed E-state index contributed by atoms with van der Waals surface area (Å²) in [7, 11) is 0. The molecule has 0 radical (unpaired) electrons. The number of pyridine rings is 1. The van der Waals surface area contributed by atoms with Crippen molar-refractivity contribution in [2.24, 2.45) is 0 Å². The zero-order valence-corrected chi connectivity index (χ0v) is 18.6. The van der Waals surface area contributed by atoms with Crippen molar-refractivity contribution >= 4 is 28.2 Å². The summed E-state index contributed by atoms with van der Waals surface area (Å²) in [5.74, 6) is 0.318. The molecule has 3 aromatic heterocycles. The number of carbonyl (C=O) groups is 1. The number of nitrogens with zero attached hydrogens (tertiary/aromatic N) is 5. The maximum Gasteiger partial charge on any atom is 0.251 e. The SMILES string of the molecule is CC(=O)Nc1ccc(-c2ccc3ncc(-c4nnco4)c(NCCCn4ccnc4)c3c2)cc1. The van der Waals surface area contributed by atoms with E-state index in [0.717, 1.165) is 58.5 Å². The van der Waals surface area contributed by atoms with E-state index >= 15 is 0 Å². The zero-order chi connectivity index (χ0) is 23.3. The molecule has 5 rings (SSSR count). The van der Waals surface area contributed by atoms with Gasteiger partial charge in [-0.1, -0.05) is 18.2 Å². The van der Waals surface area contributed by atoms with Crippen LogP contribution in [0.5, 0.6) is 0 Å². The Labute approximate surface area is 195 Å². The van der Waals surface area contributed by atoms with Crippen LogP contribution in [0.15, 0.2) is 78.2 Å². The minimum atomic E-state index is -0.0955. The molecule has 0 aliphatic heterocycles. The van der Waals surface area contributed by atoms with Crippen LogP contribution in [0.2, 0.25) is 0 Å². The number of carbonyl (C=O) groups excluding carboxylic acids is 1. The van der Waals surface area contributed by atoms with E-state index in [1.165, 1.54) is 13.3 Å². The highest BCUT2D eigenvalue weighted by Gasteiger charge is 2.15. The van der Waals surface area contributed by atoms with Crippen molar-refractivity contribution in [3.63, 3.8) is 0 Å². The van der Waals surface area contributed by atoms with E-state index in [1.807, 2.05) is 53.5 Å². The first kappa shape index (κ1) is 21.3. The number of hydrogen-bond acceptors (Lipinski definition) is 7. The predicted octanol–water partition coefficient (Wildman–Crippen LogP) is 4.61. The Hall–Kier alpha value is -4.53. The fraction of sp³-hybridized carbons (Fsp3) is 0.160. The van der Waals surface area contributed by atoms with Crippen LogP contribution >= 0.6 is 0 Å². The van der Waals surface area contributed by atoms with E-state index in [4.69, 9.17) is 4.42 Å². The molecule has 9 heteroatoms. The fourth-order valence-corrected chi connectivity index (χ4v) is 3.86. The van der Waals surface area contributed by atoms with Gasteiger partial charge < -0.3 is 19.6 Å². The van der Waals surface area contributed by atoms with Crippen LogP contribution < -0.4 is 10.6 Å². The smallest absolute Gasteiger partial charge is 0.251 e. The van der Waals surface area contributed by atoms with Crippen molar-refractivity contribution < 1.29 is 9.21 Å². The van der Waals surface area contributed by atoms with Crippen molar-refractivity contribution in [1.82, 2.24) is 24.7 Å². The highest BCUT2D eigenvalue weighted by atomic mass is 16.4. The number of nitrogens with one attached hydrogen (secondary N) is 2. The van der Waals surface area contributed by atoms with Gasteiger partial charge in [0.25, 0.3) is 5.89 Å². The lowest BCUT2D eigenvalue weighted by atomic mass is 10.0. The molecule has 0 aliphatic carbocycles. The van der Waals surface area contributed by atoms with Gasteiger partial charge in [0.05, 0.1) is 23.1 Å². The molecule has 9 nitrogen and oxygen atoms in total. The van der Waals surface area contributed by atoms with Crippen LogP contribution in [-0.2, 0) is 11.3 Å². The Balaban J connectivity index is 1.48. The highest BCUT2D eigenvalue weighted by molar-refractivity contribution is 6.00. The van der Waals surface area contributed by atoms with Gasteiger partial charge in [-0.25, -0.2) is 4.98 Å². The minimum absolute atomic E-state index is 0.0955. The molecule has 2 N–H and O–H groups in total. The number of aryl methyl sites for hydroxylation is 1. The van der Waals surface area contributed by atoms with Crippen LogP contribution in [0.1, 0.15) is 13.3 Å². The number of imidazole rings is 1. The Morgan fingerprint density at radius 3 is 2.71 bits per heavy atom. The van der Waals surface area contributed by atoms with Crippen molar-refractivity contribution in [1.29, 1.82) is 0 Å². The summed E-state index contributed by atoms with van der Waals surface area (Å²) in [6.07, 6.45) is 9.53. The van der Waals surface area contributed by atoms with E-state index < -0.39 is 0 Å². The first-order valence-corrected chi connectivity index (χ1v) is 10.9. The molecule has 2 aromatic carbocycles. The number of fused-ring (bicyclic) bond motifs is 1. The molecule has 0 bridgehead atoms. The minimum Gasteiger partial charge on any atom is -0.423 e. The molecular weight excluding hydrogens is 430 g/mol. The number of aromatic nitrogens is 5. The first-order valence-electron chi connectivity index (χ1n) is 10.9. The summed E-state index contributed by atoms with van der Waals surface area (Å²) >= 11 is 0. The quantitative estimate of drug-likeness (QED) is 0.330. The Morgan fingerprint density at radius 1 is 1.12 bits per heavy atom. The standard InChI is InChI=1S/C25H23N7O2/c1-17(33)30-20-6-3-18(4-7-20)19-5-8-23-21(13-19)24(22(14-28-23)25-31-29-16-34-25)27-9-2-11-32-12-10-26-15-32/h3-8,10,12-16H,2,9,11H2,1H3,(H,27,28)(H,30,33). The molecule has 3 heterocycles. The van der Waals surface area contributed by atoms with Gasteiger partial charge >= 0.3 is 0 Å². The Morgan fingerprint density at radius 2 is 1.97 bits per heavy atom. The second-order valence-corrected chi connectivity index (χ2v) is 7.86. The fourth-order valence-electron chi connectivity index (χ4n) is 3.86. The lowest BCUT2D eigenvalue weighted by molar-refractivity contribution is -0.114. The normalized spacial score (nSPS) is 11.0. The van der Waals surface area contributed by atoms with Crippen LogP contribution in [0.4, 0.5) is 11.4 Å². The van der Waals surface area contributed by atoms with Gasteiger partial charge in [-0.2, -0.15) is 0 Å². The molecule has 0 spiro atoms. The first-order chi connectivity index (χ1) is 16.7. The molecule has 0 fully saturated rings. The van der Waals surface area contributed by atoms with Gasteiger partial charge in [0, 0.05) is 49.7 Å². The third-order valence-corrected chi connectivity index (χ3v) is 5.45. The third-order valence-electron chi connectivity index (χ3n) is 5.45. The predicted molar refractivity (Wildman–Crippen MR) is 130 cm³/mol. The van der Waals surface area contributed by atoms with Crippen LogP contribution in [0.25, 0.3) is 33.5 Å². The summed E-state index contributed by atoms with van der Waals surface area (Å²) < 4.78 is 7.53. The zero-order valence-electron chi connectivity index (χ0n) is 18.6. The summed E-state index contributed by atoms with van der Waals surface area (Å²) in [6, 6.07) is 13.9. The maximum atomic E-state index is 11.3. The van der Waals surface area contributed by atoms with E-state index in [1.54, 1.807) is 12.4 Å². The van der Waals surface area contributed by atoms with Gasteiger partial charge in [-0.05, 0) is 41.8 Å². The van der Waals surface area contributed by atoms with Gasteiger partial charge in [-0.3, -0.25) is 9.78 Å². The van der Waals surface area contributed by atoms with Gasteiger partial charge in [0.2, 0.25) is 12.3 Å². The van der Waals surface area contributed by atoms with E-state index in [0.29, 0.717) is 5.89 Å². The lowest BCUT2D eigenvalue weighted by Gasteiger charge is -2.14. The number of anilines is 2. The molecule has 0 saturated carbocycles. The van der Waals surface area contributed by atoms with Crippen molar-refractivity contribution in [3.05, 3.63) is 73.8 Å². The number of amides is 1. The monoisotopic (exact) mass is 453 g/mol. The van der Waals surface area contributed by atoms with E-state index in [9.17, 15) is 4.79 Å². The Bertz CT molecular complexity index is 1400. The number of rotatable bonds is 8. The summed E-state index contributed by atoms with van der Waals surface area (Å²) in [5, 5.41) is 15.2. The van der Waals surface area contributed by atoms with Crippen LogP contribution in [0, 0.1) is 0 Å². The summed E-state index contributed by atoms with van der Waals surface area (Å²) in [4.78, 5) is 20.0. The summed E-state index contributed by atoms with van der Waals surface area (Å²) in [5.41, 5.74) is 5.34. The Kier molecular flexibility index (Phi) is 5.98. The molecule has 0 unspecified atom stereocenters. The lowest BCUT2D eigenvalue weighted by Crippen LogP contribution is -2.07. The van der Waals surface area contributed by atoms with Crippen LogP contribution in [0.3, 0.4) is 0 Å². The van der Waals surface area contributed by atoms with Crippen molar-refractivity contribution in [2.75, 3.05) is 17.2 Å². The van der Waals surface area contributed by atoms with Gasteiger partial charge in [0.15, 0.2) is 0 Å². The third kappa shape index (κ3) is 4.63. The maximum absolute atomic E-state index is 11.3. The number of benzene rings is 2. The second-order valence-electron chi connectivity index (χ2n) is 7.86. The summed E-state index contributed by atoms with van der Waals surface area (Å²) in [6.45, 7) is 3.10. The molecule has 34 heavy (non-hydrogen) atoms. The largest absolute Gasteiger partial charge is 0.423 e. The molecule has 170 valence electrons. The molecule has 0 saturated heterocycles. The molecular formula is C25H23N7O2. The van der Waals surface area contributed by atoms with Crippen molar-refractivity contribution in [3.8, 4) is 22.6 Å². The second kappa shape index (κ2) is 9.53. The van der Waals surface area contributed by atoms with Gasteiger partial charge in [0.1, 0.15) is 0 Å². The van der Waals surface area contributed by atoms with E-state index in [-0.39, 0.29) is 5.91 Å². The topological polar surface area (TPSA) is 111 Å². The highest BCUT2D eigenvalue weighted by Crippen LogP contribution is 2.35. The van der Waals surface area contributed by atoms with Gasteiger partial charge in [-0.15, -0.1) is 10.2 Å². The molecule has 0 atom stereocenters.